The van der Waals surface area contributed by atoms with E-state index in [2.05, 4.69) is 40.6 Å². The van der Waals surface area contributed by atoms with E-state index < -0.39 is 0 Å². The second-order valence-electron chi connectivity index (χ2n) is 4.89. The molecule has 0 saturated heterocycles. The van der Waals surface area contributed by atoms with Crippen LogP contribution < -0.4 is 5.32 Å². The first-order valence-corrected chi connectivity index (χ1v) is 6.50. The summed E-state index contributed by atoms with van der Waals surface area (Å²) in [5.41, 5.74) is 4.54. The molecule has 1 unspecified atom stereocenters. The summed E-state index contributed by atoms with van der Waals surface area (Å²) in [5.74, 6) is 0.633. The number of benzene rings is 1. The maximum absolute atomic E-state index is 8.80. The molecule has 3 nitrogen and oxygen atoms in total. The largest absolute Gasteiger partial charge is 0.312 e. The molecule has 1 aliphatic rings. The number of pyridine rings is 1. The normalized spacial score (nSPS) is 16.3. The maximum atomic E-state index is 8.80. The Morgan fingerprint density at radius 2 is 2.21 bits per heavy atom. The first-order chi connectivity index (χ1) is 9.36. The Labute approximate surface area is 112 Å². The third-order valence-corrected chi connectivity index (χ3v) is 3.62. The number of nitrogens with zero attached hydrogens (tertiary/aromatic N) is 2. The van der Waals surface area contributed by atoms with Gasteiger partial charge in [0.05, 0.1) is 0 Å². The lowest BCUT2D eigenvalue weighted by atomic mass is 9.77. The van der Waals surface area contributed by atoms with Crippen LogP contribution in [-0.2, 0) is 13.0 Å². The number of hydrogen-bond donors (Lipinski definition) is 1. The Morgan fingerprint density at radius 1 is 1.32 bits per heavy atom. The fraction of sp³-hybridized carbons (Fsp3) is 0.250. The molecule has 2 aromatic rings. The van der Waals surface area contributed by atoms with Crippen molar-refractivity contribution in [3.8, 4) is 6.07 Å². The van der Waals surface area contributed by atoms with Crippen molar-refractivity contribution in [3.05, 3.63) is 65.0 Å². The van der Waals surface area contributed by atoms with Gasteiger partial charge in [0.25, 0.3) is 0 Å². The lowest BCUT2D eigenvalue weighted by Gasteiger charge is -2.30. The Bertz CT molecular complexity index is 628. The summed E-state index contributed by atoms with van der Waals surface area (Å²) in [6.45, 7) is 1.77. The molecular formula is C16H15N3. The van der Waals surface area contributed by atoms with Crippen molar-refractivity contribution in [1.29, 1.82) is 5.26 Å². The van der Waals surface area contributed by atoms with E-state index in [0.29, 0.717) is 11.6 Å². The summed E-state index contributed by atoms with van der Waals surface area (Å²) < 4.78 is 0. The highest BCUT2D eigenvalue weighted by atomic mass is 14.9. The minimum absolute atomic E-state index is 0.480. The van der Waals surface area contributed by atoms with Crippen LogP contribution in [0, 0.1) is 11.3 Å². The fourth-order valence-corrected chi connectivity index (χ4v) is 2.58. The van der Waals surface area contributed by atoms with E-state index in [1.54, 1.807) is 6.20 Å². The minimum Gasteiger partial charge on any atom is -0.312 e. The second kappa shape index (κ2) is 5.21. The van der Waals surface area contributed by atoms with Crippen LogP contribution in [0.25, 0.3) is 0 Å². The van der Waals surface area contributed by atoms with Gasteiger partial charge in [-0.1, -0.05) is 24.3 Å². The van der Waals surface area contributed by atoms with Crippen molar-refractivity contribution in [2.24, 2.45) is 0 Å². The topological polar surface area (TPSA) is 48.7 Å². The summed E-state index contributed by atoms with van der Waals surface area (Å²) in [6, 6.07) is 14.5. The second-order valence-corrected chi connectivity index (χ2v) is 4.89. The van der Waals surface area contributed by atoms with Gasteiger partial charge in [-0.25, -0.2) is 4.98 Å². The molecule has 19 heavy (non-hydrogen) atoms. The van der Waals surface area contributed by atoms with Gasteiger partial charge in [0.1, 0.15) is 11.8 Å². The van der Waals surface area contributed by atoms with Gasteiger partial charge >= 0.3 is 0 Å². The van der Waals surface area contributed by atoms with Crippen LogP contribution in [0.2, 0.25) is 0 Å². The minimum atomic E-state index is 0.480. The maximum Gasteiger partial charge on any atom is 0.140 e. The molecule has 0 bridgehead atoms. The molecule has 1 aromatic heterocycles. The van der Waals surface area contributed by atoms with Crippen LogP contribution in [-0.4, -0.2) is 11.5 Å². The van der Waals surface area contributed by atoms with Crippen molar-refractivity contribution < 1.29 is 0 Å². The van der Waals surface area contributed by atoms with Crippen LogP contribution in [0.5, 0.6) is 0 Å². The van der Waals surface area contributed by atoms with Crippen LogP contribution in [0.15, 0.2) is 42.6 Å². The zero-order chi connectivity index (χ0) is 13.1. The number of hydrogen-bond acceptors (Lipinski definition) is 3. The molecule has 0 amide bonds. The lowest BCUT2D eigenvalue weighted by molar-refractivity contribution is 0.535. The molecule has 0 aliphatic heterocycles. The summed E-state index contributed by atoms with van der Waals surface area (Å²) in [5, 5.41) is 12.3. The van der Waals surface area contributed by atoms with Crippen molar-refractivity contribution in [2.45, 2.75) is 18.9 Å². The van der Waals surface area contributed by atoms with Crippen molar-refractivity contribution in [1.82, 2.24) is 10.3 Å². The summed E-state index contributed by atoms with van der Waals surface area (Å²) in [7, 11) is 0. The van der Waals surface area contributed by atoms with E-state index in [1.165, 1.54) is 17.5 Å². The quantitative estimate of drug-likeness (QED) is 0.905. The molecule has 0 saturated carbocycles. The van der Waals surface area contributed by atoms with Gasteiger partial charge in [-0.15, -0.1) is 0 Å². The number of fused-ring (bicyclic) bond motifs is 1. The smallest absolute Gasteiger partial charge is 0.140 e. The third kappa shape index (κ3) is 2.49. The first kappa shape index (κ1) is 11.9. The van der Waals surface area contributed by atoms with Crippen molar-refractivity contribution in [3.63, 3.8) is 0 Å². The van der Waals surface area contributed by atoms with E-state index >= 15 is 0 Å². The molecule has 0 radical (unpaired) electrons. The molecular weight excluding hydrogens is 234 g/mol. The van der Waals surface area contributed by atoms with Gasteiger partial charge in [-0.2, -0.15) is 5.26 Å². The SMILES string of the molecule is N#Cc1cc(CNCC2Cc3ccccc32)ccn1. The summed E-state index contributed by atoms with van der Waals surface area (Å²) >= 11 is 0. The molecule has 1 heterocycles. The van der Waals surface area contributed by atoms with Crippen LogP contribution >= 0.6 is 0 Å². The van der Waals surface area contributed by atoms with E-state index in [9.17, 15) is 0 Å². The number of aromatic nitrogens is 1. The number of nitrogens with one attached hydrogen (secondary N) is 1. The molecule has 3 rings (SSSR count). The Morgan fingerprint density at radius 3 is 3.05 bits per heavy atom. The Balaban J connectivity index is 1.53. The van der Waals surface area contributed by atoms with E-state index in [1.807, 2.05) is 12.1 Å². The average molecular weight is 249 g/mol. The predicted octanol–water partition coefficient (Wildman–Crippen LogP) is 2.38. The van der Waals surface area contributed by atoms with Crippen LogP contribution in [0.4, 0.5) is 0 Å². The molecule has 1 N–H and O–H groups in total. The van der Waals surface area contributed by atoms with E-state index in [-0.39, 0.29) is 0 Å². The zero-order valence-corrected chi connectivity index (χ0v) is 10.6. The van der Waals surface area contributed by atoms with Gasteiger partial charge in [0.2, 0.25) is 0 Å². The molecule has 1 atom stereocenters. The summed E-state index contributed by atoms with van der Waals surface area (Å²) in [6.07, 6.45) is 2.86. The van der Waals surface area contributed by atoms with Gasteiger partial charge in [0, 0.05) is 25.2 Å². The highest BCUT2D eigenvalue weighted by Crippen LogP contribution is 2.33. The molecule has 1 aromatic carbocycles. The van der Waals surface area contributed by atoms with Gasteiger partial charge in [-0.3, -0.25) is 0 Å². The standard InChI is InChI=1S/C16H15N3/c17-9-15-7-12(5-6-19-15)10-18-11-14-8-13-3-1-2-4-16(13)14/h1-7,14,18H,8,10-11H2. The number of rotatable bonds is 4. The van der Waals surface area contributed by atoms with E-state index in [4.69, 9.17) is 5.26 Å². The average Bonchev–Trinajstić information content (AvgIpc) is 2.44. The van der Waals surface area contributed by atoms with Crippen LogP contribution in [0.1, 0.15) is 28.3 Å². The van der Waals surface area contributed by atoms with Gasteiger partial charge < -0.3 is 5.32 Å². The molecule has 3 heteroatoms. The molecule has 0 fully saturated rings. The molecule has 94 valence electrons. The van der Waals surface area contributed by atoms with Gasteiger partial charge in [0.15, 0.2) is 0 Å². The van der Waals surface area contributed by atoms with E-state index in [0.717, 1.165) is 18.7 Å². The van der Waals surface area contributed by atoms with Crippen LogP contribution in [0.3, 0.4) is 0 Å². The lowest BCUT2D eigenvalue weighted by Crippen LogP contribution is -2.28. The fourth-order valence-electron chi connectivity index (χ4n) is 2.58. The molecule has 1 aliphatic carbocycles. The van der Waals surface area contributed by atoms with Gasteiger partial charge in [-0.05, 0) is 35.2 Å². The highest BCUT2D eigenvalue weighted by Gasteiger charge is 2.24. The highest BCUT2D eigenvalue weighted by molar-refractivity contribution is 5.40. The van der Waals surface area contributed by atoms with Crippen molar-refractivity contribution in [2.75, 3.05) is 6.54 Å². The summed E-state index contributed by atoms with van der Waals surface area (Å²) in [4.78, 5) is 3.97. The molecule has 0 spiro atoms. The Hall–Kier alpha value is -2.18. The van der Waals surface area contributed by atoms with Crippen molar-refractivity contribution >= 4 is 0 Å². The Kier molecular flexibility index (Phi) is 3.26. The number of nitriles is 1. The zero-order valence-electron chi connectivity index (χ0n) is 10.6. The predicted molar refractivity (Wildman–Crippen MR) is 73.5 cm³/mol. The monoisotopic (exact) mass is 249 g/mol. The first-order valence-electron chi connectivity index (χ1n) is 6.50. The third-order valence-electron chi connectivity index (χ3n) is 3.62.